The van der Waals surface area contributed by atoms with Gasteiger partial charge in [-0.25, -0.2) is 0 Å². The highest BCUT2D eigenvalue weighted by Crippen LogP contribution is 2.44. The molecule has 0 spiro atoms. The molecule has 1 amide bonds. The number of phenolic OH excluding ortho intramolecular Hbond substituents is 1. The number of nitrogens with one attached hydrogen (secondary N) is 1. The normalized spacial score (nSPS) is 16.5. The molecule has 92 valence electrons. The molecule has 4 heteroatoms. The maximum atomic E-state index is 11.6. The first kappa shape index (κ1) is 11.9. The van der Waals surface area contributed by atoms with Crippen molar-refractivity contribution in [1.82, 2.24) is 5.32 Å². The van der Waals surface area contributed by atoms with E-state index >= 15 is 0 Å². The van der Waals surface area contributed by atoms with Crippen molar-refractivity contribution in [2.75, 3.05) is 13.2 Å². The molecular weight excluding hydrogens is 218 g/mol. The summed E-state index contributed by atoms with van der Waals surface area (Å²) in [6, 6.07) is 6.68. The van der Waals surface area contributed by atoms with E-state index in [1.807, 2.05) is 0 Å². The standard InChI is InChI=1S/C13H17NO3/c15-9-13(4-5-13)8-14-12(17)7-10-2-1-3-11(16)6-10/h1-3,6,15-16H,4-5,7-9H2,(H,14,17). The summed E-state index contributed by atoms with van der Waals surface area (Å²) in [6.07, 6.45) is 2.22. The first-order chi connectivity index (χ1) is 8.13. The highest BCUT2D eigenvalue weighted by molar-refractivity contribution is 5.78. The number of aliphatic hydroxyl groups is 1. The fourth-order valence-corrected chi connectivity index (χ4v) is 1.77. The molecule has 1 fully saturated rings. The number of rotatable bonds is 5. The zero-order valence-corrected chi connectivity index (χ0v) is 9.65. The van der Waals surface area contributed by atoms with Gasteiger partial charge in [0, 0.05) is 12.0 Å². The lowest BCUT2D eigenvalue weighted by Gasteiger charge is -2.12. The van der Waals surface area contributed by atoms with Crippen LogP contribution in [0.25, 0.3) is 0 Å². The number of amides is 1. The molecule has 3 N–H and O–H groups in total. The van der Waals surface area contributed by atoms with Crippen LogP contribution in [-0.4, -0.2) is 29.3 Å². The average molecular weight is 235 g/mol. The first-order valence-electron chi connectivity index (χ1n) is 5.79. The number of carbonyl (C=O) groups excluding carboxylic acids is 1. The molecule has 1 aliphatic rings. The fraction of sp³-hybridized carbons (Fsp3) is 0.462. The van der Waals surface area contributed by atoms with Gasteiger partial charge < -0.3 is 15.5 Å². The van der Waals surface area contributed by atoms with Gasteiger partial charge in [-0.2, -0.15) is 0 Å². The number of benzene rings is 1. The Morgan fingerprint density at radius 1 is 1.41 bits per heavy atom. The predicted octanol–water partition coefficient (Wildman–Crippen LogP) is 0.823. The molecule has 0 unspecified atom stereocenters. The quantitative estimate of drug-likeness (QED) is 0.707. The van der Waals surface area contributed by atoms with Gasteiger partial charge in [0.15, 0.2) is 0 Å². The highest BCUT2D eigenvalue weighted by Gasteiger charge is 2.41. The summed E-state index contributed by atoms with van der Waals surface area (Å²) in [5.74, 6) is 0.0969. The molecule has 4 nitrogen and oxygen atoms in total. The second kappa shape index (κ2) is 4.75. The van der Waals surface area contributed by atoms with E-state index in [0.29, 0.717) is 6.54 Å². The van der Waals surface area contributed by atoms with Gasteiger partial charge in [-0.05, 0) is 30.5 Å². The van der Waals surface area contributed by atoms with Crippen LogP contribution in [0.2, 0.25) is 0 Å². The number of phenols is 1. The van der Waals surface area contributed by atoms with E-state index in [9.17, 15) is 9.90 Å². The molecule has 2 rings (SSSR count). The molecule has 1 aromatic rings. The first-order valence-corrected chi connectivity index (χ1v) is 5.79. The maximum Gasteiger partial charge on any atom is 0.224 e. The van der Waals surface area contributed by atoms with Crippen molar-refractivity contribution in [3.05, 3.63) is 29.8 Å². The van der Waals surface area contributed by atoms with E-state index < -0.39 is 0 Å². The molecular formula is C13H17NO3. The minimum absolute atomic E-state index is 0.0610. The van der Waals surface area contributed by atoms with Gasteiger partial charge >= 0.3 is 0 Å². The van der Waals surface area contributed by atoms with E-state index in [4.69, 9.17) is 5.11 Å². The Hall–Kier alpha value is -1.55. The third-order valence-corrected chi connectivity index (χ3v) is 3.23. The number of hydrogen-bond acceptors (Lipinski definition) is 3. The van der Waals surface area contributed by atoms with Crippen LogP contribution in [-0.2, 0) is 11.2 Å². The summed E-state index contributed by atoms with van der Waals surface area (Å²) in [5, 5.41) is 21.2. The van der Waals surface area contributed by atoms with E-state index in [1.165, 1.54) is 0 Å². The van der Waals surface area contributed by atoms with Crippen LogP contribution < -0.4 is 5.32 Å². The van der Waals surface area contributed by atoms with Crippen LogP contribution in [0.3, 0.4) is 0 Å². The molecule has 0 saturated heterocycles. The molecule has 0 aliphatic heterocycles. The summed E-state index contributed by atoms with van der Waals surface area (Å²) in [5.41, 5.74) is 0.727. The van der Waals surface area contributed by atoms with Crippen molar-refractivity contribution in [2.24, 2.45) is 5.41 Å². The summed E-state index contributed by atoms with van der Waals surface area (Å²) < 4.78 is 0. The van der Waals surface area contributed by atoms with Gasteiger partial charge in [-0.1, -0.05) is 12.1 Å². The maximum absolute atomic E-state index is 11.6. The number of hydrogen-bond donors (Lipinski definition) is 3. The number of carbonyl (C=O) groups is 1. The molecule has 0 bridgehead atoms. The SMILES string of the molecule is O=C(Cc1cccc(O)c1)NCC1(CO)CC1. The Bertz CT molecular complexity index is 413. The Kier molecular flexibility index (Phi) is 3.33. The Balaban J connectivity index is 1.81. The van der Waals surface area contributed by atoms with Gasteiger partial charge in [0.1, 0.15) is 5.75 Å². The summed E-state index contributed by atoms with van der Waals surface area (Å²) in [6.45, 7) is 0.681. The molecule has 1 aromatic carbocycles. The van der Waals surface area contributed by atoms with E-state index in [2.05, 4.69) is 5.32 Å². The van der Waals surface area contributed by atoms with Crippen molar-refractivity contribution in [2.45, 2.75) is 19.3 Å². The van der Waals surface area contributed by atoms with Crippen molar-refractivity contribution in [3.8, 4) is 5.75 Å². The van der Waals surface area contributed by atoms with Crippen molar-refractivity contribution in [1.29, 1.82) is 0 Å². The second-order valence-corrected chi connectivity index (χ2v) is 4.78. The number of aromatic hydroxyl groups is 1. The summed E-state index contributed by atoms with van der Waals surface area (Å²) in [7, 11) is 0. The van der Waals surface area contributed by atoms with Gasteiger partial charge in [0.2, 0.25) is 5.91 Å². The zero-order chi connectivity index (χ0) is 12.3. The lowest BCUT2D eigenvalue weighted by atomic mass is 10.1. The highest BCUT2D eigenvalue weighted by atomic mass is 16.3. The molecule has 1 aliphatic carbocycles. The van der Waals surface area contributed by atoms with Crippen molar-refractivity contribution < 1.29 is 15.0 Å². The summed E-state index contributed by atoms with van der Waals surface area (Å²) >= 11 is 0. The van der Waals surface area contributed by atoms with Gasteiger partial charge in [-0.3, -0.25) is 4.79 Å². The Morgan fingerprint density at radius 3 is 2.76 bits per heavy atom. The number of aliphatic hydroxyl groups excluding tert-OH is 1. The van der Waals surface area contributed by atoms with Gasteiger partial charge in [-0.15, -0.1) is 0 Å². The lowest BCUT2D eigenvalue weighted by molar-refractivity contribution is -0.120. The zero-order valence-electron chi connectivity index (χ0n) is 9.65. The van der Waals surface area contributed by atoms with Crippen LogP contribution in [0, 0.1) is 5.41 Å². The lowest BCUT2D eigenvalue weighted by Crippen LogP contribution is -2.32. The minimum atomic E-state index is -0.0738. The monoisotopic (exact) mass is 235 g/mol. The largest absolute Gasteiger partial charge is 0.508 e. The molecule has 1 saturated carbocycles. The Morgan fingerprint density at radius 2 is 2.18 bits per heavy atom. The molecule has 0 aromatic heterocycles. The fourth-order valence-electron chi connectivity index (χ4n) is 1.77. The van der Waals surface area contributed by atoms with Crippen molar-refractivity contribution >= 4 is 5.91 Å². The molecule has 0 atom stereocenters. The molecule has 17 heavy (non-hydrogen) atoms. The van der Waals surface area contributed by atoms with Crippen LogP contribution in [0.4, 0.5) is 0 Å². The third kappa shape index (κ3) is 3.20. The smallest absolute Gasteiger partial charge is 0.224 e. The van der Waals surface area contributed by atoms with Crippen LogP contribution in [0.1, 0.15) is 18.4 Å². The topological polar surface area (TPSA) is 69.6 Å². The summed E-state index contributed by atoms with van der Waals surface area (Å²) in [4.78, 5) is 11.6. The van der Waals surface area contributed by atoms with Crippen LogP contribution >= 0.6 is 0 Å². The van der Waals surface area contributed by atoms with Crippen LogP contribution in [0.15, 0.2) is 24.3 Å². The third-order valence-electron chi connectivity index (χ3n) is 3.23. The van der Waals surface area contributed by atoms with E-state index in [0.717, 1.165) is 18.4 Å². The van der Waals surface area contributed by atoms with E-state index in [-0.39, 0.29) is 30.1 Å². The van der Waals surface area contributed by atoms with Crippen LogP contribution in [0.5, 0.6) is 5.75 Å². The molecule has 0 radical (unpaired) electrons. The van der Waals surface area contributed by atoms with Crippen molar-refractivity contribution in [3.63, 3.8) is 0 Å². The Labute approximate surface area is 100 Å². The molecule has 0 heterocycles. The predicted molar refractivity (Wildman–Crippen MR) is 63.6 cm³/mol. The second-order valence-electron chi connectivity index (χ2n) is 4.78. The van der Waals surface area contributed by atoms with E-state index in [1.54, 1.807) is 24.3 Å². The van der Waals surface area contributed by atoms with Gasteiger partial charge in [0.25, 0.3) is 0 Å². The average Bonchev–Trinajstić information content (AvgIpc) is 3.07. The minimum Gasteiger partial charge on any atom is -0.508 e. The van der Waals surface area contributed by atoms with Gasteiger partial charge in [0.05, 0.1) is 13.0 Å².